The Balaban J connectivity index is 1.75. The van der Waals surface area contributed by atoms with Gasteiger partial charge in [0.05, 0.1) is 11.9 Å². The van der Waals surface area contributed by atoms with Crippen molar-refractivity contribution in [2.45, 2.75) is 19.4 Å². The third-order valence-corrected chi connectivity index (χ3v) is 4.88. The third-order valence-electron chi connectivity index (χ3n) is 4.88. The van der Waals surface area contributed by atoms with Crippen LogP contribution in [0.1, 0.15) is 34.6 Å². The molecule has 0 aliphatic rings. The molecule has 0 fully saturated rings. The number of carbonyl (C=O) groups is 2. The molecule has 0 bridgehead atoms. The average molecular weight is 415 g/mol. The zero-order chi connectivity index (χ0) is 22.0. The molecule has 0 saturated heterocycles. The standard InChI is InChI=1S/C23H21N5O3/c1-14(24)15-7-4-8-17(12-15)22-26-21(19-10-5-11-28(19)27-22)23(31)25-18-9-3-2-6-16(18)13-20(29)30/h2-12,14H,13,24H2,1H3,(H,25,31)(H,29,30)/t14-/m1/s1. The number of benzene rings is 2. The van der Waals surface area contributed by atoms with E-state index in [-0.39, 0.29) is 18.2 Å². The van der Waals surface area contributed by atoms with Gasteiger partial charge in [-0.05, 0) is 42.3 Å². The van der Waals surface area contributed by atoms with Crippen molar-refractivity contribution in [1.29, 1.82) is 0 Å². The Labute approximate surface area is 178 Å². The summed E-state index contributed by atoms with van der Waals surface area (Å²) in [5, 5.41) is 16.5. The highest BCUT2D eigenvalue weighted by molar-refractivity contribution is 6.08. The molecular formula is C23H21N5O3. The van der Waals surface area contributed by atoms with Crippen LogP contribution in [0.4, 0.5) is 5.69 Å². The molecule has 1 atom stereocenters. The lowest BCUT2D eigenvalue weighted by Gasteiger charge is -2.12. The van der Waals surface area contributed by atoms with E-state index in [0.717, 1.165) is 11.1 Å². The Morgan fingerprint density at radius 2 is 1.94 bits per heavy atom. The van der Waals surface area contributed by atoms with Gasteiger partial charge in [0.1, 0.15) is 0 Å². The first-order valence-corrected chi connectivity index (χ1v) is 9.75. The third kappa shape index (κ3) is 4.29. The predicted octanol–water partition coefficient (Wildman–Crippen LogP) is 3.30. The van der Waals surface area contributed by atoms with Gasteiger partial charge in [0, 0.05) is 23.5 Å². The number of para-hydroxylation sites is 1. The van der Waals surface area contributed by atoms with Gasteiger partial charge in [0.25, 0.3) is 5.91 Å². The molecule has 0 aliphatic carbocycles. The first kappa shape index (κ1) is 20.2. The summed E-state index contributed by atoms with van der Waals surface area (Å²) in [4.78, 5) is 28.8. The number of carboxylic acids is 1. The lowest BCUT2D eigenvalue weighted by Crippen LogP contribution is -2.18. The van der Waals surface area contributed by atoms with Crippen molar-refractivity contribution in [2.24, 2.45) is 5.73 Å². The van der Waals surface area contributed by atoms with Gasteiger partial charge in [-0.15, -0.1) is 5.10 Å². The molecule has 0 spiro atoms. The van der Waals surface area contributed by atoms with E-state index in [2.05, 4.69) is 15.4 Å². The van der Waals surface area contributed by atoms with Crippen molar-refractivity contribution in [3.8, 4) is 11.4 Å². The number of amides is 1. The minimum Gasteiger partial charge on any atom is -0.481 e. The molecule has 0 radical (unpaired) electrons. The molecule has 4 N–H and O–H groups in total. The fraction of sp³-hybridized carbons (Fsp3) is 0.130. The summed E-state index contributed by atoms with van der Waals surface area (Å²) in [5.74, 6) is -1.04. The molecule has 156 valence electrons. The van der Waals surface area contributed by atoms with Crippen LogP contribution in [0.3, 0.4) is 0 Å². The molecule has 0 saturated carbocycles. The Kier molecular flexibility index (Phi) is 5.46. The first-order valence-electron chi connectivity index (χ1n) is 9.75. The number of nitrogens with two attached hydrogens (primary N) is 1. The van der Waals surface area contributed by atoms with Gasteiger partial charge in [-0.1, -0.05) is 36.4 Å². The molecule has 8 nitrogen and oxygen atoms in total. The Morgan fingerprint density at radius 1 is 1.13 bits per heavy atom. The topological polar surface area (TPSA) is 123 Å². The van der Waals surface area contributed by atoms with E-state index in [1.807, 2.05) is 31.2 Å². The van der Waals surface area contributed by atoms with Crippen LogP contribution < -0.4 is 11.1 Å². The second-order valence-corrected chi connectivity index (χ2v) is 7.22. The highest BCUT2D eigenvalue weighted by atomic mass is 16.4. The predicted molar refractivity (Wildman–Crippen MR) is 117 cm³/mol. The van der Waals surface area contributed by atoms with Crippen molar-refractivity contribution in [3.05, 3.63) is 83.7 Å². The summed E-state index contributed by atoms with van der Waals surface area (Å²) in [5.41, 5.74) is 9.34. The summed E-state index contributed by atoms with van der Waals surface area (Å²) in [6, 6.07) is 17.7. The van der Waals surface area contributed by atoms with Gasteiger partial charge in [0.15, 0.2) is 11.5 Å². The van der Waals surface area contributed by atoms with Crippen molar-refractivity contribution in [1.82, 2.24) is 14.6 Å². The summed E-state index contributed by atoms with van der Waals surface area (Å²) in [6.07, 6.45) is 1.54. The van der Waals surface area contributed by atoms with Crippen LogP contribution in [0, 0.1) is 0 Å². The van der Waals surface area contributed by atoms with Gasteiger partial charge in [-0.3, -0.25) is 9.59 Å². The molecule has 0 unspecified atom stereocenters. The van der Waals surface area contributed by atoms with E-state index in [1.54, 1.807) is 47.1 Å². The normalized spacial score (nSPS) is 11.9. The quantitative estimate of drug-likeness (QED) is 0.444. The number of carboxylic acid groups (broad SMARTS) is 1. The minimum absolute atomic E-state index is 0.149. The van der Waals surface area contributed by atoms with E-state index < -0.39 is 11.9 Å². The molecule has 1 amide bonds. The van der Waals surface area contributed by atoms with Gasteiger partial charge < -0.3 is 16.2 Å². The van der Waals surface area contributed by atoms with Crippen molar-refractivity contribution >= 4 is 23.1 Å². The number of hydrogen-bond donors (Lipinski definition) is 3. The molecule has 4 rings (SSSR count). The number of rotatable bonds is 6. The summed E-state index contributed by atoms with van der Waals surface area (Å²) < 4.78 is 1.60. The van der Waals surface area contributed by atoms with Crippen LogP contribution in [0.2, 0.25) is 0 Å². The fourth-order valence-corrected chi connectivity index (χ4v) is 3.33. The van der Waals surface area contributed by atoms with E-state index >= 15 is 0 Å². The monoisotopic (exact) mass is 415 g/mol. The number of anilines is 1. The van der Waals surface area contributed by atoms with Crippen molar-refractivity contribution in [3.63, 3.8) is 0 Å². The van der Waals surface area contributed by atoms with Crippen LogP contribution in [0.25, 0.3) is 16.9 Å². The van der Waals surface area contributed by atoms with Gasteiger partial charge in [-0.2, -0.15) is 0 Å². The van der Waals surface area contributed by atoms with Crippen LogP contribution in [-0.4, -0.2) is 31.6 Å². The van der Waals surface area contributed by atoms with E-state index in [0.29, 0.717) is 22.6 Å². The van der Waals surface area contributed by atoms with E-state index in [1.165, 1.54) is 0 Å². The Bertz CT molecular complexity index is 1280. The summed E-state index contributed by atoms with van der Waals surface area (Å²) in [7, 11) is 0. The number of aliphatic carboxylic acids is 1. The second kappa shape index (κ2) is 8.37. The Hall–Kier alpha value is -4.04. The number of aromatic nitrogens is 3. The van der Waals surface area contributed by atoms with E-state index in [9.17, 15) is 9.59 Å². The molecule has 2 heterocycles. The average Bonchev–Trinajstić information content (AvgIpc) is 3.23. The lowest BCUT2D eigenvalue weighted by molar-refractivity contribution is -0.136. The largest absolute Gasteiger partial charge is 0.481 e. The summed E-state index contributed by atoms with van der Waals surface area (Å²) in [6.45, 7) is 1.89. The van der Waals surface area contributed by atoms with Crippen LogP contribution in [-0.2, 0) is 11.2 Å². The van der Waals surface area contributed by atoms with Crippen LogP contribution in [0.5, 0.6) is 0 Å². The van der Waals surface area contributed by atoms with E-state index in [4.69, 9.17) is 10.8 Å². The molecule has 8 heteroatoms. The summed E-state index contributed by atoms with van der Waals surface area (Å²) >= 11 is 0. The molecular weight excluding hydrogens is 394 g/mol. The maximum absolute atomic E-state index is 13.1. The SMILES string of the molecule is C[C@@H](N)c1cccc(-c2nc(C(=O)Nc3ccccc3CC(=O)O)c3cccn3n2)c1. The second-order valence-electron chi connectivity index (χ2n) is 7.22. The fourth-order valence-electron chi connectivity index (χ4n) is 3.33. The lowest BCUT2D eigenvalue weighted by atomic mass is 10.1. The van der Waals surface area contributed by atoms with Crippen molar-refractivity contribution < 1.29 is 14.7 Å². The minimum atomic E-state index is -0.978. The van der Waals surface area contributed by atoms with Gasteiger partial charge in [0.2, 0.25) is 0 Å². The molecule has 2 aromatic carbocycles. The highest BCUT2D eigenvalue weighted by Gasteiger charge is 2.18. The maximum Gasteiger partial charge on any atom is 0.307 e. The van der Waals surface area contributed by atoms with Crippen molar-refractivity contribution in [2.75, 3.05) is 5.32 Å². The van der Waals surface area contributed by atoms with Gasteiger partial charge in [-0.25, -0.2) is 9.50 Å². The molecule has 4 aromatic rings. The van der Waals surface area contributed by atoms with Gasteiger partial charge >= 0.3 is 5.97 Å². The van der Waals surface area contributed by atoms with Crippen LogP contribution >= 0.6 is 0 Å². The number of carbonyl (C=O) groups excluding carboxylic acids is 1. The maximum atomic E-state index is 13.1. The zero-order valence-corrected chi connectivity index (χ0v) is 16.8. The molecule has 2 aromatic heterocycles. The van der Waals surface area contributed by atoms with Crippen LogP contribution in [0.15, 0.2) is 66.9 Å². The first-order chi connectivity index (χ1) is 14.9. The smallest absolute Gasteiger partial charge is 0.307 e. The highest BCUT2D eigenvalue weighted by Crippen LogP contribution is 2.23. The number of hydrogen-bond acceptors (Lipinski definition) is 5. The molecule has 31 heavy (non-hydrogen) atoms. The zero-order valence-electron chi connectivity index (χ0n) is 16.8. The number of nitrogens with zero attached hydrogens (tertiary/aromatic N) is 3. The number of fused-ring (bicyclic) bond motifs is 1. The number of nitrogens with one attached hydrogen (secondary N) is 1. The Morgan fingerprint density at radius 3 is 2.71 bits per heavy atom. The molecule has 0 aliphatic heterocycles.